The summed E-state index contributed by atoms with van der Waals surface area (Å²) in [5, 5.41) is 13.4. The van der Waals surface area contributed by atoms with Crippen LogP contribution in [0, 0.1) is 11.3 Å². The number of nitrogens with zero attached hydrogens (tertiary/aromatic N) is 1. The second-order valence-corrected chi connectivity index (χ2v) is 6.55. The van der Waals surface area contributed by atoms with Crippen molar-refractivity contribution in [2.45, 2.75) is 70.7 Å². The number of thioether (sulfide) groups is 1. The van der Waals surface area contributed by atoms with Crippen LogP contribution in [0.2, 0.25) is 0 Å². The molecule has 0 radical (unpaired) electrons. The lowest BCUT2D eigenvalue weighted by molar-refractivity contribution is 0.341. The van der Waals surface area contributed by atoms with Gasteiger partial charge in [-0.1, -0.05) is 20.8 Å². The predicted molar refractivity (Wildman–Crippen MR) is 73.7 cm³/mol. The number of nitrogens with one attached hydrogen (secondary N) is 1. The maximum Gasteiger partial charge on any atom is 0.106 e. The van der Waals surface area contributed by atoms with Gasteiger partial charge < -0.3 is 0 Å². The fourth-order valence-corrected chi connectivity index (χ4v) is 2.55. The molecule has 0 aliphatic rings. The third kappa shape index (κ3) is 6.40. The third-order valence-electron chi connectivity index (χ3n) is 2.58. The normalized spacial score (nSPS) is 15.1. The highest BCUT2D eigenvalue weighted by atomic mass is 32.2. The molecular formula is C13H26N2S. The predicted octanol–water partition coefficient (Wildman–Crippen LogP) is 3.58. The maximum absolute atomic E-state index is 9.31. The van der Waals surface area contributed by atoms with E-state index in [9.17, 15) is 5.26 Å². The van der Waals surface area contributed by atoms with Crippen LogP contribution in [-0.2, 0) is 0 Å². The summed E-state index contributed by atoms with van der Waals surface area (Å²) in [6.45, 7) is 10.7. The Morgan fingerprint density at radius 1 is 1.31 bits per heavy atom. The van der Waals surface area contributed by atoms with Crippen LogP contribution in [0.5, 0.6) is 0 Å². The van der Waals surface area contributed by atoms with E-state index in [0.717, 1.165) is 25.0 Å². The molecule has 0 aromatic rings. The summed E-state index contributed by atoms with van der Waals surface area (Å²) < 4.78 is 0. The van der Waals surface area contributed by atoms with Crippen molar-refractivity contribution in [1.82, 2.24) is 5.32 Å². The van der Waals surface area contributed by atoms with Gasteiger partial charge in [0.2, 0.25) is 0 Å². The fourth-order valence-electron chi connectivity index (χ4n) is 1.76. The summed E-state index contributed by atoms with van der Waals surface area (Å²) >= 11 is 1.97. The summed E-state index contributed by atoms with van der Waals surface area (Å²) in [4.78, 5) is 0. The Morgan fingerprint density at radius 3 is 2.31 bits per heavy atom. The van der Waals surface area contributed by atoms with E-state index in [-0.39, 0.29) is 5.54 Å². The van der Waals surface area contributed by atoms with E-state index in [1.54, 1.807) is 0 Å². The van der Waals surface area contributed by atoms with E-state index in [0.29, 0.717) is 11.3 Å². The first kappa shape index (κ1) is 15.8. The number of hydrogen-bond acceptors (Lipinski definition) is 3. The van der Waals surface area contributed by atoms with Gasteiger partial charge in [-0.3, -0.25) is 5.32 Å². The molecule has 0 fully saturated rings. The Kier molecular flexibility index (Phi) is 7.87. The minimum Gasteiger partial charge on any atom is -0.297 e. The van der Waals surface area contributed by atoms with Crippen LogP contribution < -0.4 is 5.32 Å². The topological polar surface area (TPSA) is 35.8 Å². The van der Waals surface area contributed by atoms with Gasteiger partial charge in [0.25, 0.3) is 0 Å². The molecule has 0 rings (SSSR count). The molecule has 0 aromatic heterocycles. The quantitative estimate of drug-likeness (QED) is 0.661. The number of nitriles is 1. The van der Waals surface area contributed by atoms with Crippen molar-refractivity contribution in [1.29, 1.82) is 5.26 Å². The first-order chi connectivity index (χ1) is 7.45. The second-order valence-electron chi connectivity index (χ2n) is 4.87. The zero-order valence-electron chi connectivity index (χ0n) is 11.3. The van der Waals surface area contributed by atoms with E-state index in [1.807, 2.05) is 11.8 Å². The van der Waals surface area contributed by atoms with Gasteiger partial charge in [-0.2, -0.15) is 17.0 Å². The lowest BCUT2D eigenvalue weighted by atomic mass is 9.91. The highest BCUT2D eigenvalue weighted by Gasteiger charge is 2.27. The first-order valence-electron chi connectivity index (χ1n) is 6.26. The average molecular weight is 242 g/mol. The van der Waals surface area contributed by atoms with E-state index < -0.39 is 0 Å². The molecule has 0 saturated carbocycles. The molecule has 0 spiro atoms. The zero-order valence-corrected chi connectivity index (χ0v) is 12.2. The molecule has 1 atom stereocenters. The molecule has 3 heteroatoms. The molecular weight excluding hydrogens is 216 g/mol. The monoisotopic (exact) mass is 242 g/mol. The lowest BCUT2D eigenvalue weighted by Crippen LogP contribution is -2.47. The van der Waals surface area contributed by atoms with Crippen LogP contribution in [-0.4, -0.2) is 22.6 Å². The number of hydrogen-bond donors (Lipinski definition) is 1. The summed E-state index contributed by atoms with van der Waals surface area (Å²) in [6.07, 6.45) is 2.95. The van der Waals surface area contributed by atoms with E-state index in [1.165, 1.54) is 0 Å². The highest BCUT2D eigenvalue weighted by molar-refractivity contribution is 7.99. The van der Waals surface area contributed by atoms with Crippen LogP contribution in [0.25, 0.3) is 0 Å². The van der Waals surface area contributed by atoms with Crippen LogP contribution in [0.3, 0.4) is 0 Å². The van der Waals surface area contributed by atoms with Crippen LogP contribution >= 0.6 is 11.8 Å². The summed E-state index contributed by atoms with van der Waals surface area (Å²) in [5.74, 6) is 1.15. The molecule has 1 unspecified atom stereocenters. The molecule has 0 aromatic carbocycles. The molecule has 0 saturated heterocycles. The minimum atomic E-state index is -0.314. The molecule has 0 heterocycles. The molecule has 16 heavy (non-hydrogen) atoms. The van der Waals surface area contributed by atoms with Gasteiger partial charge >= 0.3 is 0 Å². The van der Waals surface area contributed by atoms with Gasteiger partial charge in [-0.25, -0.2) is 0 Å². The fraction of sp³-hybridized carbons (Fsp3) is 0.923. The Hall–Kier alpha value is -0.200. The number of rotatable bonds is 8. The molecule has 0 amide bonds. The third-order valence-corrected chi connectivity index (χ3v) is 3.77. The standard InChI is InChI=1S/C13H26N2S/c1-6-13(10-14,15-11(2)3)8-7-9-16-12(4)5/h11-12,15H,6-9H2,1-5H3. The molecule has 0 aliphatic carbocycles. The first-order valence-corrected chi connectivity index (χ1v) is 7.31. The van der Waals surface area contributed by atoms with E-state index >= 15 is 0 Å². The molecule has 0 bridgehead atoms. The summed E-state index contributed by atoms with van der Waals surface area (Å²) in [6, 6.07) is 2.84. The lowest BCUT2D eigenvalue weighted by Gasteiger charge is -2.29. The van der Waals surface area contributed by atoms with Crippen molar-refractivity contribution < 1.29 is 0 Å². The van der Waals surface area contributed by atoms with Gasteiger partial charge in [-0.15, -0.1) is 0 Å². The maximum atomic E-state index is 9.31. The molecule has 2 nitrogen and oxygen atoms in total. The molecule has 1 N–H and O–H groups in total. The Balaban J connectivity index is 4.08. The van der Waals surface area contributed by atoms with Crippen molar-refractivity contribution in [2.75, 3.05) is 5.75 Å². The second kappa shape index (κ2) is 7.97. The smallest absolute Gasteiger partial charge is 0.106 e. The van der Waals surface area contributed by atoms with Crippen molar-refractivity contribution in [3.05, 3.63) is 0 Å². The van der Waals surface area contributed by atoms with Gasteiger partial charge in [0.1, 0.15) is 5.54 Å². The average Bonchev–Trinajstić information content (AvgIpc) is 2.22. The van der Waals surface area contributed by atoms with Crippen molar-refractivity contribution in [2.24, 2.45) is 0 Å². The van der Waals surface area contributed by atoms with Crippen molar-refractivity contribution in [3.8, 4) is 6.07 Å². The van der Waals surface area contributed by atoms with Gasteiger partial charge in [0, 0.05) is 6.04 Å². The Bertz CT molecular complexity index is 220. The van der Waals surface area contributed by atoms with E-state index in [4.69, 9.17) is 0 Å². The summed E-state index contributed by atoms with van der Waals surface area (Å²) in [5.41, 5.74) is -0.314. The van der Waals surface area contributed by atoms with Crippen LogP contribution in [0.1, 0.15) is 53.9 Å². The minimum absolute atomic E-state index is 0.314. The van der Waals surface area contributed by atoms with Gasteiger partial charge in [0.15, 0.2) is 0 Å². The summed E-state index contributed by atoms with van der Waals surface area (Å²) in [7, 11) is 0. The highest BCUT2D eigenvalue weighted by Crippen LogP contribution is 2.20. The van der Waals surface area contributed by atoms with Crippen molar-refractivity contribution in [3.63, 3.8) is 0 Å². The molecule has 94 valence electrons. The van der Waals surface area contributed by atoms with Crippen LogP contribution in [0.15, 0.2) is 0 Å². The van der Waals surface area contributed by atoms with E-state index in [2.05, 4.69) is 46.0 Å². The Morgan fingerprint density at radius 2 is 1.94 bits per heavy atom. The van der Waals surface area contributed by atoms with Gasteiger partial charge in [-0.05, 0) is 44.1 Å². The largest absolute Gasteiger partial charge is 0.297 e. The van der Waals surface area contributed by atoms with Crippen LogP contribution in [0.4, 0.5) is 0 Å². The zero-order chi connectivity index (χ0) is 12.6. The van der Waals surface area contributed by atoms with Gasteiger partial charge in [0.05, 0.1) is 6.07 Å². The van der Waals surface area contributed by atoms with Crippen molar-refractivity contribution >= 4 is 11.8 Å². The SMILES string of the molecule is CCC(C#N)(CCCSC(C)C)NC(C)C. The Labute approximate surface area is 105 Å². The molecule has 0 aliphatic heterocycles.